The quantitative estimate of drug-likeness (QED) is 0.876. The summed E-state index contributed by atoms with van der Waals surface area (Å²) >= 11 is 1.62. The molecule has 0 fully saturated rings. The average molecular weight is 247 g/mol. The Morgan fingerprint density at radius 1 is 1.41 bits per heavy atom. The third-order valence-corrected chi connectivity index (χ3v) is 3.29. The number of hydrogen-bond acceptors (Lipinski definition) is 3. The molecule has 2 N–H and O–H groups in total. The summed E-state index contributed by atoms with van der Waals surface area (Å²) in [6, 6.07) is 7.32. The molecule has 4 nitrogen and oxygen atoms in total. The summed E-state index contributed by atoms with van der Waals surface area (Å²) in [6.45, 7) is 1.95. The van der Waals surface area contributed by atoms with Crippen molar-refractivity contribution < 1.29 is 4.79 Å². The number of carbonyl (C=O) groups excluding carboxylic acids is 1. The van der Waals surface area contributed by atoms with Crippen LogP contribution >= 0.6 is 11.3 Å². The molecule has 88 valence electrons. The van der Waals surface area contributed by atoms with Crippen molar-refractivity contribution in [3.05, 3.63) is 46.9 Å². The molecule has 1 unspecified atom stereocenters. The van der Waals surface area contributed by atoms with E-state index in [9.17, 15) is 4.79 Å². The Hall–Kier alpha value is -1.88. The third-order valence-electron chi connectivity index (χ3n) is 2.24. The Labute approximate surface area is 104 Å². The summed E-state index contributed by atoms with van der Waals surface area (Å²) in [4.78, 5) is 16.7. The van der Waals surface area contributed by atoms with Gasteiger partial charge in [-0.3, -0.25) is 4.98 Å². The van der Waals surface area contributed by atoms with Crippen LogP contribution in [0.4, 0.5) is 10.5 Å². The number of pyridine rings is 1. The fourth-order valence-corrected chi connectivity index (χ4v) is 2.14. The molecule has 1 atom stereocenters. The maximum absolute atomic E-state index is 11.7. The van der Waals surface area contributed by atoms with Gasteiger partial charge in [0.1, 0.15) is 0 Å². The van der Waals surface area contributed by atoms with Crippen LogP contribution in [0.1, 0.15) is 17.8 Å². The number of hydrogen-bond donors (Lipinski definition) is 2. The van der Waals surface area contributed by atoms with Gasteiger partial charge >= 0.3 is 6.03 Å². The van der Waals surface area contributed by atoms with E-state index < -0.39 is 0 Å². The van der Waals surface area contributed by atoms with E-state index >= 15 is 0 Å². The lowest BCUT2D eigenvalue weighted by Crippen LogP contribution is -2.30. The number of carbonyl (C=O) groups is 1. The Morgan fingerprint density at radius 2 is 2.29 bits per heavy atom. The summed E-state index contributed by atoms with van der Waals surface area (Å²) < 4.78 is 0. The Balaban J connectivity index is 1.90. The number of urea groups is 1. The van der Waals surface area contributed by atoms with E-state index in [-0.39, 0.29) is 12.1 Å². The zero-order valence-corrected chi connectivity index (χ0v) is 10.2. The van der Waals surface area contributed by atoms with Gasteiger partial charge in [-0.15, -0.1) is 11.3 Å². The van der Waals surface area contributed by atoms with Gasteiger partial charge < -0.3 is 10.6 Å². The zero-order valence-electron chi connectivity index (χ0n) is 9.38. The predicted octanol–water partition coefficient (Wildman–Crippen LogP) is 3.03. The maximum Gasteiger partial charge on any atom is 0.319 e. The fourth-order valence-electron chi connectivity index (χ4n) is 1.41. The van der Waals surface area contributed by atoms with Crippen molar-refractivity contribution >= 4 is 23.1 Å². The van der Waals surface area contributed by atoms with Gasteiger partial charge in [0.05, 0.1) is 17.9 Å². The smallest absolute Gasteiger partial charge is 0.319 e. The molecule has 17 heavy (non-hydrogen) atoms. The molecule has 2 aromatic heterocycles. The molecule has 2 amide bonds. The lowest BCUT2D eigenvalue weighted by Gasteiger charge is -2.12. The highest BCUT2D eigenvalue weighted by molar-refractivity contribution is 7.10. The summed E-state index contributed by atoms with van der Waals surface area (Å²) in [5.41, 5.74) is 0.684. The van der Waals surface area contributed by atoms with Crippen LogP contribution in [0.15, 0.2) is 42.0 Å². The van der Waals surface area contributed by atoms with Crippen LogP contribution in [0.2, 0.25) is 0 Å². The monoisotopic (exact) mass is 247 g/mol. The fraction of sp³-hybridized carbons (Fsp3) is 0.167. The standard InChI is InChI=1S/C12H13N3OS/c1-9(11-5-3-7-17-11)14-12(16)15-10-4-2-6-13-8-10/h2-9H,1H3,(H2,14,15,16). The van der Waals surface area contributed by atoms with Crippen LogP contribution < -0.4 is 10.6 Å². The minimum absolute atomic E-state index is 0.00618. The van der Waals surface area contributed by atoms with Crippen molar-refractivity contribution in [2.75, 3.05) is 5.32 Å². The van der Waals surface area contributed by atoms with Gasteiger partial charge in [0.2, 0.25) is 0 Å². The van der Waals surface area contributed by atoms with Crippen molar-refractivity contribution in [3.63, 3.8) is 0 Å². The SMILES string of the molecule is CC(NC(=O)Nc1cccnc1)c1cccs1. The largest absolute Gasteiger partial charge is 0.331 e. The molecule has 0 aromatic carbocycles. The number of amides is 2. The van der Waals surface area contributed by atoms with Crippen molar-refractivity contribution in [2.24, 2.45) is 0 Å². The van der Waals surface area contributed by atoms with Crippen molar-refractivity contribution in [2.45, 2.75) is 13.0 Å². The van der Waals surface area contributed by atoms with E-state index in [4.69, 9.17) is 0 Å². The third kappa shape index (κ3) is 3.29. The lowest BCUT2D eigenvalue weighted by atomic mass is 10.3. The van der Waals surface area contributed by atoms with Crippen molar-refractivity contribution in [1.29, 1.82) is 0 Å². The van der Waals surface area contributed by atoms with E-state index in [0.717, 1.165) is 4.88 Å². The molecule has 5 heteroatoms. The molecule has 0 saturated carbocycles. The summed E-state index contributed by atoms with van der Waals surface area (Å²) in [7, 11) is 0. The second kappa shape index (κ2) is 5.45. The first-order valence-electron chi connectivity index (χ1n) is 5.26. The van der Waals surface area contributed by atoms with Gasteiger partial charge in [-0.2, -0.15) is 0 Å². The van der Waals surface area contributed by atoms with E-state index in [0.29, 0.717) is 5.69 Å². The molecule has 0 spiro atoms. The van der Waals surface area contributed by atoms with Gasteiger partial charge in [-0.05, 0) is 30.5 Å². The molecule has 0 aliphatic heterocycles. The molecule has 0 bridgehead atoms. The topological polar surface area (TPSA) is 54.0 Å². The van der Waals surface area contributed by atoms with Crippen LogP contribution in [0, 0.1) is 0 Å². The molecule has 0 radical (unpaired) electrons. The second-order valence-electron chi connectivity index (χ2n) is 3.58. The Kier molecular flexibility index (Phi) is 3.72. The molecule has 0 aliphatic carbocycles. The molecular weight excluding hydrogens is 234 g/mol. The first-order chi connectivity index (χ1) is 8.25. The van der Waals surface area contributed by atoms with Crippen molar-refractivity contribution in [1.82, 2.24) is 10.3 Å². The van der Waals surface area contributed by atoms with Gasteiger partial charge in [0.15, 0.2) is 0 Å². The van der Waals surface area contributed by atoms with E-state index in [1.54, 1.807) is 35.9 Å². The lowest BCUT2D eigenvalue weighted by molar-refractivity contribution is 0.249. The minimum Gasteiger partial charge on any atom is -0.331 e. The van der Waals surface area contributed by atoms with Gasteiger partial charge in [0, 0.05) is 11.1 Å². The van der Waals surface area contributed by atoms with E-state index in [2.05, 4.69) is 15.6 Å². The van der Waals surface area contributed by atoms with E-state index in [1.807, 2.05) is 24.4 Å². The minimum atomic E-state index is -0.223. The normalized spacial score (nSPS) is 11.8. The van der Waals surface area contributed by atoms with Gasteiger partial charge in [-0.25, -0.2) is 4.79 Å². The molecule has 2 aromatic rings. The Bertz CT molecular complexity index is 470. The van der Waals surface area contributed by atoms with Crippen LogP contribution in [0.3, 0.4) is 0 Å². The molecular formula is C12H13N3OS. The first kappa shape index (κ1) is 11.6. The summed E-state index contributed by atoms with van der Waals surface area (Å²) in [6.07, 6.45) is 3.27. The number of thiophene rings is 1. The number of nitrogens with one attached hydrogen (secondary N) is 2. The number of rotatable bonds is 3. The summed E-state index contributed by atoms with van der Waals surface area (Å²) in [5, 5.41) is 7.58. The van der Waals surface area contributed by atoms with Crippen LogP contribution in [0.5, 0.6) is 0 Å². The average Bonchev–Trinajstić information content (AvgIpc) is 2.83. The molecule has 0 aliphatic rings. The van der Waals surface area contributed by atoms with Crippen LogP contribution in [-0.4, -0.2) is 11.0 Å². The number of nitrogens with zero attached hydrogens (tertiary/aromatic N) is 1. The van der Waals surface area contributed by atoms with Gasteiger partial charge in [-0.1, -0.05) is 6.07 Å². The highest BCUT2D eigenvalue weighted by atomic mass is 32.1. The summed E-state index contributed by atoms with van der Waals surface area (Å²) in [5.74, 6) is 0. The number of aromatic nitrogens is 1. The highest BCUT2D eigenvalue weighted by Crippen LogP contribution is 2.18. The highest BCUT2D eigenvalue weighted by Gasteiger charge is 2.09. The maximum atomic E-state index is 11.7. The van der Waals surface area contributed by atoms with Crippen LogP contribution in [0.25, 0.3) is 0 Å². The first-order valence-corrected chi connectivity index (χ1v) is 6.14. The van der Waals surface area contributed by atoms with Crippen molar-refractivity contribution in [3.8, 4) is 0 Å². The van der Waals surface area contributed by atoms with Crippen LogP contribution in [-0.2, 0) is 0 Å². The predicted molar refractivity (Wildman–Crippen MR) is 69.1 cm³/mol. The Morgan fingerprint density at radius 3 is 2.94 bits per heavy atom. The second-order valence-corrected chi connectivity index (χ2v) is 4.56. The zero-order chi connectivity index (χ0) is 12.1. The molecule has 2 heterocycles. The van der Waals surface area contributed by atoms with E-state index in [1.165, 1.54) is 0 Å². The molecule has 0 saturated heterocycles. The molecule has 2 rings (SSSR count). The van der Waals surface area contributed by atoms with Gasteiger partial charge in [0.25, 0.3) is 0 Å². The number of anilines is 1.